The Morgan fingerprint density at radius 3 is 2.00 bits per heavy atom. The number of hydrogen-bond acceptors (Lipinski definition) is 2. The van der Waals surface area contributed by atoms with E-state index in [1.165, 1.54) is 4.90 Å². The van der Waals surface area contributed by atoms with Gasteiger partial charge in [-0.2, -0.15) is 0 Å². The van der Waals surface area contributed by atoms with Crippen molar-refractivity contribution in [3.8, 4) is 0 Å². The number of carbonyl (C=O) groups is 1. The lowest BCUT2D eigenvalue weighted by Crippen LogP contribution is -2.38. The Bertz CT molecular complexity index is 99.1. The molecule has 1 fully saturated rings. The SMILES string of the molecule is O=C([O-])N1CCCC1.[NH4+]. The van der Waals surface area contributed by atoms with E-state index in [0.717, 1.165) is 12.8 Å². The fourth-order valence-electron chi connectivity index (χ4n) is 0.900. The highest BCUT2D eigenvalue weighted by atomic mass is 16.4. The second kappa shape index (κ2) is 3.29. The number of likely N-dealkylation sites (tertiary alicyclic amines) is 1. The summed E-state index contributed by atoms with van der Waals surface area (Å²) >= 11 is 0. The third-order valence-electron chi connectivity index (χ3n) is 1.36. The lowest BCUT2D eigenvalue weighted by atomic mass is 10.4. The molecule has 4 heteroatoms. The second-order valence-corrected chi connectivity index (χ2v) is 1.96. The summed E-state index contributed by atoms with van der Waals surface area (Å²) in [5.41, 5.74) is 0. The van der Waals surface area contributed by atoms with Gasteiger partial charge in [0.25, 0.3) is 0 Å². The van der Waals surface area contributed by atoms with Gasteiger partial charge in [0.15, 0.2) is 0 Å². The highest BCUT2D eigenvalue weighted by molar-refractivity contribution is 5.62. The van der Waals surface area contributed by atoms with Crippen molar-refractivity contribution in [2.24, 2.45) is 0 Å². The van der Waals surface area contributed by atoms with Crippen molar-refractivity contribution in [2.45, 2.75) is 12.8 Å². The molecular weight excluding hydrogens is 120 g/mol. The zero-order valence-corrected chi connectivity index (χ0v) is 5.59. The standard InChI is InChI=1S/C5H9NO2.H3N/c7-5(8)6-3-1-2-4-6;/h1-4H2,(H,7,8);1H3. The van der Waals surface area contributed by atoms with E-state index in [1.54, 1.807) is 0 Å². The maximum atomic E-state index is 10.0. The molecule has 1 aliphatic heterocycles. The van der Waals surface area contributed by atoms with E-state index in [1.807, 2.05) is 0 Å². The Labute approximate surface area is 54.0 Å². The van der Waals surface area contributed by atoms with Crippen LogP contribution in [0.15, 0.2) is 0 Å². The molecule has 0 spiro atoms. The van der Waals surface area contributed by atoms with E-state index in [-0.39, 0.29) is 6.15 Å². The van der Waals surface area contributed by atoms with Crippen LogP contribution in [0.2, 0.25) is 0 Å². The first-order valence-electron chi connectivity index (χ1n) is 2.76. The van der Waals surface area contributed by atoms with Crippen LogP contribution < -0.4 is 11.3 Å². The molecule has 1 aliphatic rings. The summed E-state index contributed by atoms with van der Waals surface area (Å²) in [5.74, 6) is 0. The van der Waals surface area contributed by atoms with E-state index in [0.29, 0.717) is 13.1 Å². The summed E-state index contributed by atoms with van der Waals surface area (Å²) < 4.78 is 0. The maximum Gasteiger partial charge on any atom is 0.136 e. The summed E-state index contributed by atoms with van der Waals surface area (Å²) in [6, 6.07) is 0. The quantitative estimate of drug-likeness (QED) is 0.495. The van der Waals surface area contributed by atoms with E-state index in [4.69, 9.17) is 0 Å². The Morgan fingerprint density at radius 2 is 1.78 bits per heavy atom. The second-order valence-electron chi connectivity index (χ2n) is 1.96. The van der Waals surface area contributed by atoms with Gasteiger partial charge in [-0.15, -0.1) is 0 Å². The third-order valence-corrected chi connectivity index (χ3v) is 1.36. The van der Waals surface area contributed by atoms with Gasteiger partial charge in [0.2, 0.25) is 0 Å². The minimum Gasteiger partial charge on any atom is -0.530 e. The summed E-state index contributed by atoms with van der Waals surface area (Å²) in [7, 11) is 0. The van der Waals surface area contributed by atoms with Crippen LogP contribution >= 0.6 is 0 Å². The van der Waals surface area contributed by atoms with Gasteiger partial charge >= 0.3 is 0 Å². The molecule has 0 bridgehead atoms. The molecule has 4 N–H and O–H groups in total. The number of carbonyl (C=O) groups excluding carboxylic acids is 1. The monoisotopic (exact) mass is 132 g/mol. The lowest BCUT2D eigenvalue weighted by molar-refractivity contribution is -0.264. The Kier molecular flexibility index (Phi) is 3.01. The number of hydrogen-bond donors (Lipinski definition) is 1. The topological polar surface area (TPSA) is 79.9 Å². The lowest BCUT2D eigenvalue weighted by Gasteiger charge is -2.16. The average molecular weight is 132 g/mol. The average Bonchev–Trinajstić information content (AvgIpc) is 2.12. The molecule has 0 saturated carbocycles. The van der Waals surface area contributed by atoms with E-state index < -0.39 is 6.09 Å². The first-order chi connectivity index (χ1) is 3.80. The Balaban J connectivity index is 0.000000640. The molecule has 1 heterocycles. The summed E-state index contributed by atoms with van der Waals surface area (Å²) in [6.07, 6.45) is 0.963. The van der Waals surface area contributed by atoms with Crippen LogP contribution in [0.4, 0.5) is 4.79 Å². The van der Waals surface area contributed by atoms with Crippen molar-refractivity contribution in [3.05, 3.63) is 0 Å². The first kappa shape index (κ1) is 8.23. The molecule has 0 unspecified atom stereocenters. The van der Waals surface area contributed by atoms with Crippen LogP contribution in [-0.2, 0) is 0 Å². The van der Waals surface area contributed by atoms with Crippen LogP contribution in [0.25, 0.3) is 0 Å². The first-order valence-corrected chi connectivity index (χ1v) is 2.76. The number of rotatable bonds is 0. The summed E-state index contributed by atoms with van der Waals surface area (Å²) in [5, 5.41) is 10.0. The molecule has 0 aliphatic carbocycles. The fraction of sp³-hybridized carbons (Fsp3) is 0.800. The fourth-order valence-corrected chi connectivity index (χ4v) is 0.900. The highest BCUT2D eigenvalue weighted by Gasteiger charge is 2.09. The van der Waals surface area contributed by atoms with Crippen molar-refractivity contribution in [1.82, 2.24) is 11.1 Å². The third kappa shape index (κ3) is 1.89. The number of amides is 1. The van der Waals surface area contributed by atoms with Crippen molar-refractivity contribution >= 4 is 6.09 Å². The van der Waals surface area contributed by atoms with Gasteiger partial charge in [0.1, 0.15) is 6.09 Å². The van der Waals surface area contributed by atoms with E-state index in [9.17, 15) is 9.90 Å². The Hall–Kier alpha value is -0.770. The molecule has 54 valence electrons. The van der Waals surface area contributed by atoms with Gasteiger partial charge in [-0.3, -0.25) is 0 Å². The highest BCUT2D eigenvalue weighted by Crippen LogP contribution is 2.04. The van der Waals surface area contributed by atoms with Gasteiger partial charge in [0.05, 0.1) is 0 Å². The van der Waals surface area contributed by atoms with Crippen LogP contribution in [0.1, 0.15) is 12.8 Å². The predicted molar refractivity (Wildman–Crippen MR) is 32.2 cm³/mol. The van der Waals surface area contributed by atoms with Gasteiger partial charge in [-0.1, -0.05) is 0 Å². The number of carboxylic acid groups (broad SMARTS) is 1. The van der Waals surface area contributed by atoms with Gasteiger partial charge < -0.3 is 21.0 Å². The zero-order valence-electron chi connectivity index (χ0n) is 5.59. The number of nitrogens with zero attached hydrogens (tertiary/aromatic N) is 1. The molecule has 0 atom stereocenters. The van der Waals surface area contributed by atoms with Crippen LogP contribution in [0.3, 0.4) is 0 Å². The molecule has 1 saturated heterocycles. The predicted octanol–water partition coefficient (Wildman–Crippen LogP) is -0.198. The van der Waals surface area contributed by atoms with Crippen LogP contribution in [0, 0.1) is 0 Å². The molecular formula is C5H12N2O2. The molecule has 0 aromatic rings. The van der Waals surface area contributed by atoms with Crippen LogP contribution in [-0.4, -0.2) is 24.1 Å². The zero-order chi connectivity index (χ0) is 5.98. The molecule has 0 aromatic heterocycles. The van der Waals surface area contributed by atoms with Crippen molar-refractivity contribution in [1.29, 1.82) is 0 Å². The van der Waals surface area contributed by atoms with Gasteiger partial charge in [-0.05, 0) is 12.8 Å². The molecule has 4 nitrogen and oxygen atoms in total. The number of quaternary nitrogens is 1. The minimum atomic E-state index is -1.03. The van der Waals surface area contributed by atoms with Crippen LogP contribution in [0.5, 0.6) is 0 Å². The maximum absolute atomic E-state index is 10.0. The van der Waals surface area contributed by atoms with Crippen molar-refractivity contribution in [2.75, 3.05) is 13.1 Å². The van der Waals surface area contributed by atoms with Crippen molar-refractivity contribution < 1.29 is 9.90 Å². The van der Waals surface area contributed by atoms with E-state index in [2.05, 4.69) is 0 Å². The molecule has 0 aromatic carbocycles. The van der Waals surface area contributed by atoms with Gasteiger partial charge in [-0.25, -0.2) is 0 Å². The largest absolute Gasteiger partial charge is 0.530 e. The molecule has 9 heavy (non-hydrogen) atoms. The Morgan fingerprint density at radius 1 is 1.33 bits per heavy atom. The van der Waals surface area contributed by atoms with Crippen molar-refractivity contribution in [3.63, 3.8) is 0 Å². The normalized spacial score (nSPS) is 17.1. The molecule has 0 radical (unpaired) electrons. The molecule has 1 rings (SSSR count). The summed E-state index contributed by atoms with van der Waals surface area (Å²) in [6.45, 7) is 1.34. The minimum absolute atomic E-state index is 0. The molecule has 1 amide bonds. The van der Waals surface area contributed by atoms with E-state index >= 15 is 0 Å². The summed E-state index contributed by atoms with van der Waals surface area (Å²) in [4.78, 5) is 11.3. The smallest absolute Gasteiger partial charge is 0.136 e. The van der Waals surface area contributed by atoms with Gasteiger partial charge in [0, 0.05) is 13.1 Å².